The lowest BCUT2D eigenvalue weighted by molar-refractivity contribution is 0.171. The lowest BCUT2D eigenvalue weighted by Crippen LogP contribution is -2.34. The van der Waals surface area contributed by atoms with Crippen molar-refractivity contribution in [1.29, 1.82) is 0 Å². The highest BCUT2D eigenvalue weighted by atomic mass is 32.1. The molecule has 0 radical (unpaired) electrons. The van der Waals surface area contributed by atoms with Crippen molar-refractivity contribution < 1.29 is 14.3 Å². The van der Waals surface area contributed by atoms with Gasteiger partial charge in [-0.05, 0) is 36.4 Å². The zero-order valence-electron chi connectivity index (χ0n) is 12.7. The van der Waals surface area contributed by atoms with Crippen LogP contribution in [0.1, 0.15) is 23.8 Å². The Balaban J connectivity index is 1.49. The molecule has 1 saturated heterocycles. The number of benzene rings is 1. The molecule has 4 rings (SSSR count). The predicted molar refractivity (Wildman–Crippen MR) is 89.5 cm³/mol. The van der Waals surface area contributed by atoms with E-state index in [2.05, 4.69) is 16.8 Å². The second kappa shape index (κ2) is 6.12. The lowest BCUT2D eigenvalue weighted by Gasteiger charge is -2.25. The molecule has 6 heteroatoms. The quantitative estimate of drug-likeness (QED) is 0.909. The average Bonchev–Trinajstić information content (AvgIpc) is 3.25. The summed E-state index contributed by atoms with van der Waals surface area (Å²) < 4.78 is 11.1. The lowest BCUT2D eigenvalue weighted by atomic mass is 10.2. The van der Waals surface area contributed by atoms with E-state index in [4.69, 9.17) is 9.47 Å². The molecule has 0 aliphatic carbocycles. The Hall–Kier alpha value is -2.21. The van der Waals surface area contributed by atoms with Crippen LogP contribution in [0.5, 0.6) is 11.5 Å². The molecule has 1 aromatic carbocycles. The van der Waals surface area contributed by atoms with Gasteiger partial charge in [0.15, 0.2) is 11.5 Å². The fraction of sp³-hybridized carbons (Fsp3) is 0.353. The molecule has 0 unspecified atom stereocenters. The molecule has 2 aliphatic heterocycles. The van der Waals surface area contributed by atoms with E-state index in [1.165, 1.54) is 4.88 Å². The fourth-order valence-corrected chi connectivity index (χ4v) is 3.98. The highest BCUT2D eigenvalue weighted by molar-refractivity contribution is 7.10. The number of ether oxygens (including phenoxy) is 2. The first-order valence-electron chi connectivity index (χ1n) is 7.82. The molecule has 0 spiro atoms. The number of hydrogen-bond acceptors (Lipinski definition) is 4. The van der Waals surface area contributed by atoms with E-state index < -0.39 is 0 Å². The summed E-state index contributed by atoms with van der Waals surface area (Å²) in [7, 11) is 0. The Kier molecular flexibility index (Phi) is 3.83. The fourth-order valence-electron chi connectivity index (χ4n) is 3.10. The van der Waals surface area contributed by atoms with Crippen molar-refractivity contribution in [2.75, 3.05) is 25.1 Å². The van der Waals surface area contributed by atoms with Gasteiger partial charge >= 0.3 is 6.03 Å². The highest BCUT2D eigenvalue weighted by Gasteiger charge is 2.30. The number of likely N-dealkylation sites (tertiary alicyclic amines) is 1. The molecule has 2 aromatic rings. The number of nitrogens with zero attached hydrogens (tertiary/aromatic N) is 1. The predicted octanol–water partition coefficient (Wildman–Crippen LogP) is 3.89. The Morgan fingerprint density at radius 2 is 2.09 bits per heavy atom. The molecule has 0 bridgehead atoms. The molecular formula is C17H18N2O3S. The molecular weight excluding hydrogens is 312 g/mol. The molecule has 5 nitrogen and oxygen atoms in total. The van der Waals surface area contributed by atoms with Gasteiger partial charge in [0.05, 0.1) is 6.04 Å². The van der Waals surface area contributed by atoms with Crippen LogP contribution in [-0.2, 0) is 0 Å². The summed E-state index contributed by atoms with van der Waals surface area (Å²) >= 11 is 1.71. The standard InChI is InChI=1S/C17H18N2O3S/c20-17(19-7-1-3-13(19)16-4-2-10-23-16)18-12-5-6-14-15(11-12)22-9-8-21-14/h2,4-6,10-11,13H,1,3,7-9H2,(H,18,20)/t13-/m0/s1. The van der Waals surface area contributed by atoms with E-state index in [0.29, 0.717) is 19.0 Å². The summed E-state index contributed by atoms with van der Waals surface area (Å²) in [6, 6.07) is 9.78. The van der Waals surface area contributed by atoms with Crippen LogP contribution in [-0.4, -0.2) is 30.7 Å². The van der Waals surface area contributed by atoms with E-state index in [1.807, 2.05) is 29.2 Å². The number of urea groups is 1. The molecule has 23 heavy (non-hydrogen) atoms. The molecule has 1 aromatic heterocycles. The minimum Gasteiger partial charge on any atom is -0.486 e. The van der Waals surface area contributed by atoms with Gasteiger partial charge in [-0.25, -0.2) is 4.79 Å². The maximum atomic E-state index is 12.6. The van der Waals surface area contributed by atoms with Crippen LogP contribution in [0.4, 0.5) is 10.5 Å². The smallest absolute Gasteiger partial charge is 0.322 e. The maximum Gasteiger partial charge on any atom is 0.322 e. The van der Waals surface area contributed by atoms with Gasteiger partial charge in [0.25, 0.3) is 0 Å². The van der Waals surface area contributed by atoms with Crippen LogP contribution in [0, 0.1) is 0 Å². The summed E-state index contributed by atoms with van der Waals surface area (Å²) in [4.78, 5) is 15.8. The summed E-state index contributed by atoms with van der Waals surface area (Å²) in [5, 5.41) is 5.04. The van der Waals surface area contributed by atoms with Crippen LogP contribution in [0.15, 0.2) is 35.7 Å². The van der Waals surface area contributed by atoms with Crippen LogP contribution in [0.2, 0.25) is 0 Å². The molecule has 1 atom stereocenters. The Bertz CT molecular complexity index is 702. The van der Waals surface area contributed by atoms with Crippen molar-refractivity contribution in [3.05, 3.63) is 40.6 Å². The third kappa shape index (κ3) is 2.86. The van der Waals surface area contributed by atoms with Crippen LogP contribution in [0.3, 0.4) is 0 Å². The van der Waals surface area contributed by atoms with Crippen LogP contribution >= 0.6 is 11.3 Å². The summed E-state index contributed by atoms with van der Waals surface area (Å²) in [6.07, 6.45) is 2.06. The third-order valence-corrected chi connectivity index (χ3v) is 5.15. The van der Waals surface area contributed by atoms with Crippen molar-refractivity contribution in [3.8, 4) is 11.5 Å². The zero-order valence-corrected chi connectivity index (χ0v) is 13.5. The van der Waals surface area contributed by atoms with Gasteiger partial charge in [-0.1, -0.05) is 6.07 Å². The number of fused-ring (bicyclic) bond motifs is 1. The number of nitrogens with one attached hydrogen (secondary N) is 1. The molecule has 1 fully saturated rings. The van der Waals surface area contributed by atoms with Gasteiger partial charge in [0.2, 0.25) is 0 Å². The third-order valence-electron chi connectivity index (χ3n) is 4.18. The van der Waals surface area contributed by atoms with Gasteiger partial charge in [-0.3, -0.25) is 0 Å². The van der Waals surface area contributed by atoms with E-state index >= 15 is 0 Å². The minimum atomic E-state index is -0.0578. The molecule has 120 valence electrons. The number of hydrogen-bond donors (Lipinski definition) is 1. The van der Waals surface area contributed by atoms with E-state index in [-0.39, 0.29) is 12.1 Å². The minimum absolute atomic E-state index is 0.0578. The van der Waals surface area contributed by atoms with Crippen molar-refractivity contribution in [2.24, 2.45) is 0 Å². The monoisotopic (exact) mass is 330 g/mol. The van der Waals surface area contributed by atoms with E-state index in [1.54, 1.807) is 11.3 Å². The van der Waals surface area contributed by atoms with Gasteiger partial charge in [-0.15, -0.1) is 11.3 Å². The summed E-state index contributed by atoms with van der Waals surface area (Å²) in [5.41, 5.74) is 0.732. The molecule has 1 N–H and O–H groups in total. The van der Waals surface area contributed by atoms with Gasteiger partial charge in [-0.2, -0.15) is 0 Å². The number of rotatable bonds is 2. The number of carbonyl (C=O) groups is 1. The van der Waals surface area contributed by atoms with Crippen molar-refractivity contribution in [2.45, 2.75) is 18.9 Å². The van der Waals surface area contributed by atoms with Crippen LogP contribution in [0.25, 0.3) is 0 Å². The highest BCUT2D eigenvalue weighted by Crippen LogP contribution is 2.36. The summed E-state index contributed by atoms with van der Waals surface area (Å²) in [5.74, 6) is 1.41. The SMILES string of the molecule is O=C(Nc1ccc2c(c1)OCCO2)N1CCC[C@H]1c1cccs1. The van der Waals surface area contributed by atoms with Crippen molar-refractivity contribution >= 4 is 23.1 Å². The normalized spacial score (nSPS) is 19.7. The zero-order chi connectivity index (χ0) is 15.6. The second-order valence-electron chi connectivity index (χ2n) is 5.66. The molecule has 3 heterocycles. The number of anilines is 1. The first-order valence-corrected chi connectivity index (χ1v) is 8.70. The Morgan fingerprint density at radius 3 is 2.91 bits per heavy atom. The van der Waals surface area contributed by atoms with Crippen LogP contribution < -0.4 is 14.8 Å². The van der Waals surface area contributed by atoms with Gasteiger partial charge in [0, 0.05) is 23.2 Å². The largest absolute Gasteiger partial charge is 0.486 e. The number of thiophene rings is 1. The first kappa shape index (κ1) is 14.4. The second-order valence-corrected chi connectivity index (χ2v) is 6.63. The van der Waals surface area contributed by atoms with Gasteiger partial charge < -0.3 is 19.7 Å². The maximum absolute atomic E-state index is 12.6. The van der Waals surface area contributed by atoms with Crippen molar-refractivity contribution in [1.82, 2.24) is 4.90 Å². The Morgan fingerprint density at radius 1 is 1.22 bits per heavy atom. The average molecular weight is 330 g/mol. The first-order chi connectivity index (χ1) is 11.3. The molecule has 0 saturated carbocycles. The van der Waals surface area contributed by atoms with Gasteiger partial charge in [0.1, 0.15) is 13.2 Å². The topological polar surface area (TPSA) is 50.8 Å². The van der Waals surface area contributed by atoms with E-state index in [0.717, 1.165) is 30.8 Å². The van der Waals surface area contributed by atoms with Crippen molar-refractivity contribution in [3.63, 3.8) is 0 Å². The molecule has 2 aliphatic rings. The summed E-state index contributed by atoms with van der Waals surface area (Å²) in [6.45, 7) is 1.89. The van der Waals surface area contributed by atoms with E-state index in [9.17, 15) is 4.79 Å². The number of carbonyl (C=O) groups excluding carboxylic acids is 1. The Labute approximate surface area is 138 Å². The molecule has 2 amide bonds. The number of amides is 2.